The Bertz CT molecular complexity index is 1400. The molecular weight excluding hydrogens is 490 g/mol. The molecule has 0 aliphatic carbocycles. The lowest BCUT2D eigenvalue weighted by molar-refractivity contribution is 0.0342. The maximum Gasteiger partial charge on any atom is 0.413 e. The van der Waals surface area contributed by atoms with Crippen LogP contribution in [0.15, 0.2) is 24.5 Å². The van der Waals surface area contributed by atoms with Crippen LogP contribution in [-0.2, 0) is 4.74 Å². The largest absolute Gasteiger partial charge is 0.474 e. The first-order chi connectivity index (χ1) is 17.7. The van der Waals surface area contributed by atoms with E-state index in [0.717, 1.165) is 4.90 Å². The van der Waals surface area contributed by atoms with Gasteiger partial charge < -0.3 is 25.6 Å². The van der Waals surface area contributed by atoms with Crippen molar-refractivity contribution < 1.29 is 33.0 Å². The van der Waals surface area contributed by atoms with E-state index in [-0.39, 0.29) is 48.3 Å². The molecule has 0 saturated carbocycles. The van der Waals surface area contributed by atoms with Crippen LogP contribution in [0.5, 0.6) is 5.88 Å². The van der Waals surface area contributed by atoms with Crippen molar-refractivity contribution in [1.82, 2.24) is 15.3 Å². The molecule has 0 bridgehead atoms. The normalized spacial score (nSPS) is 19.2. The Morgan fingerprint density at radius 3 is 2.86 bits per heavy atom. The minimum Gasteiger partial charge on any atom is -0.474 e. The summed E-state index contributed by atoms with van der Waals surface area (Å²) in [7, 11) is 0. The molecule has 1 aromatic carbocycles. The number of carboxylic acid groups (broad SMARTS) is 1. The highest BCUT2D eigenvalue weighted by Crippen LogP contribution is 2.41. The number of carbonyl (C=O) groups is 2. The summed E-state index contributed by atoms with van der Waals surface area (Å²) < 4.78 is 40.1. The van der Waals surface area contributed by atoms with Crippen molar-refractivity contribution in [1.29, 1.82) is 0 Å². The third-order valence-electron chi connectivity index (χ3n) is 6.45. The summed E-state index contributed by atoms with van der Waals surface area (Å²) in [5.74, 6) is -0.482. The number of alkyl halides is 1. The number of nitrogens with zero attached hydrogens (tertiary/aromatic N) is 3. The molecule has 2 unspecified atom stereocenters. The fourth-order valence-corrected chi connectivity index (χ4v) is 4.56. The number of pyridine rings is 2. The van der Waals surface area contributed by atoms with Crippen LogP contribution in [-0.4, -0.2) is 65.8 Å². The SMILES string of the molecule is Cc1c(-c2cc3cc(NC(=O)OC4CCNCC4F)ncc3c(N)c2F)cnc2c1N(C(=O)O)CCO2. The molecule has 0 spiro atoms. The van der Waals surface area contributed by atoms with E-state index in [4.69, 9.17) is 15.2 Å². The number of fused-ring (bicyclic) bond motifs is 2. The van der Waals surface area contributed by atoms with Gasteiger partial charge in [-0.2, -0.15) is 0 Å². The number of carbonyl (C=O) groups excluding carboxylic acids is 1. The number of piperidine rings is 1. The number of nitrogens with one attached hydrogen (secondary N) is 2. The van der Waals surface area contributed by atoms with Crippen molar-refractivity contribution in [2.75, 3.05) is 42.2 Å². The Morgan fingerprint density at radius 1 is 1.30 bits per heavy atom. The standard InChI is InChI=1S/C24H24F2N6O5/c1-11-14(8-30-22-21(11)32(24(34)35)4-5-36-22)13-6-12-7-18(29-9-15(12)20(27)19(13)26)31-23(33)37-17-2-3-28-10-16(17)25/h6-9,16-17,28H,2-5,10,27H2,1H3,(H,34,35)(H,29,31,33). The molecule has 11 nitrogen and oxygen atoms in total. The van der Waals surface area contributed by atoms with Gasteiger partial charge in [-0.25, -0.2) is 28.3 Å². The van der Waals surface area contributed by atoms with Crippen LogP contribution in [0.25, 0.3) is 21.9 Å². The zero-order valence-electron chi connectivity index (χ0n) is 19.8. The molecule has 194 valence electrons. The Hall–Kier alpha value is -4.26. The van der Waals surface area contributed by atoms with E-state index in [1.54, 1.807) is 6.92 Å². The van der Waals surface area contributed by atoms with Crippen LogP contribution in [0.2, 0.25) is 0 Å². The lowest BCUT2D eigenvalue weighted by Crippen LogP contribution is -2.44. The van der Waals surface area contributed by atoms with Crippen LogP contribution in [0.4, 0.5) is 35.6 Å². The second kappa shape index (κ2) is 9.65. The average Bonchev–Trinajstić information content (AvgIpc) is 2.87. The molecule has 2 aliphatic rings. The minimum atomic E-state index is -1.31. The number of nitrogens with two attached hydrogens (primary N) is 1. The van der Waals surface area contributed by atoms with E-state index in [9.17, 15) is 19.1 Å². The van der Waals surface area contributed by atoms with Crippen LogP contribution in [0.1, 0.15) is 12.0 Å². The zero-order valence-corrected chi connectivity index (χ0v) is 19.8. The van der Waals surface area contributed by atoms with E-state index in [0.29, 0.717) is 34.9 Å². The van der Waals surface area contributed by atoms with Crippen molar-refractivity contribution in [2.45, 2.75) is 25.6 Å². The number of halogens is 2. The van der Waals surface area contributed by atoms with Gasteiger partial charge >= 0.3 is 12.2 Å². The number of nitrogen functional groups attached to an aromatic ring is 1. The summed E-state index contributed by atoms with van der Waals surface area (Å²) in [5, 5.41) is 15.7. The summed E-state index contributed by atoms with van der Waals surface area (Å²) in [4.78, 5) is 33.5. The van der Waals surface area contributed by atoms with Gasteiger partial charge in [-0.1, -0.05) is 0 Å². The van der Waals surface area contributed by atoms with E-state index in [2.05, 4.69) is 20.6 Å². The van der Waals surface area contributed by atoms with E-state index in [1.165, 1.54) is 24.5 Å². The van der Waals surface area contributed by atoms with Gasteiger partial charge in [0.1, 0.15) is 30.4 Å². The number of ether oxygens (including phenoxy) is 2. The van der Waals surface area contributed by atoms with Gasteiger partial charge in [0, 0.05) is 35.5 Å². The summed E-state index contributed by atoms with van der Waals surface area (Å²) >= 11 is 0. The lowest BCUT2D eigenvalue weighted by atomic mass is 9.96. The molecule has 2 amide bonds. The summed E-state index contributed by atoms with van der Waals surface area (Å²) in [6, 6.07) is 2.99. The number of amides is 2. The number of aromatic nitrogens is 2. The number of rotatable bonds is 3. The topological polar surface area (TPSA) is 152 Å². The average molecular weight is 514 g/mol. The van der Waals surface area contributed by atoms with Crippen molar-refractivity contribution >= 4 is 40.2 Å². The molecule has 1 fully saturated rings. The maximum absolute atomic E-state index is 15.4. The van der Waals surface area contributed by atoms with Crippen molar-refractivity contribution in [3.8, 4) is 17.0 Å². The van der Waals surface area contributed by atoms with E-state index < -0.39 is 30.3 Å². The minimum absolute atomic E-state index is 0.0865. The second-order valence-electron chi connectivity index (χ2n) is 8.75. The van der Waals surface area contributed by atoms with Gasteiger partial charge in [0.05, 0.1) is 12.2 Å². The van der Waals surface area contributed by atoms with Gasteiger partial charge in [0.25, 0.3) is 0 Å². The summed E-state index contributed by atoms with van der Waals surface area (Å²) in [6.07, 6.45) is -1.17. The Labute approximate surface area is 209 Å². The van der Waals surface area contributed by atoms with Crippen LogP contribution in [0.3, 0.4) is 0 Å². The van der Waals surface area contributed by atoms with Gasteiger partial charge in [0.15, 0.2) is 5.82 Å². The number of anilines is 3. The van der Waals surface area contributed by atoms with Gasteiger partial charge in [-0.3, -0.25) is 10.2 Å². The first kappa shape index (κ1) is 24.4. The molecule has 2 atom stereocenters. The molecule has 2 aromatic heterocycles. The lowest BCUT2D eigenvalue weighted by Gasteiger charge is -2.28. The fraction of sp³-hybridized carbons (Fsp3) is 0.333. The van der Waals surface area contributed by atoms with Crippen molar-refractivity contribution in [3.63, 3.8) is 0 Å². The summed E-state index contributed by atoms with van der Waals surface area (Å²) in [5.41, 5.74) is 7.01. The highest BCUT2D eigenvalue weighted by molar-refractivity contribution is 6.00. The maximum atomic E-state index is 15.4. The second-order valence-corrected chi connectivity index (χ2v) is 8.75. The van der Waals surface area contributed by atoms with Gasteiger partial charge in [-0.15, -0.1) is 0 Å². The molecule has 0 radical (unpaired) electrons. The molecule has 5 N–H and O–H groups in total. The van der Waals surface area contributed by atoms with Crippen LogP contribution in [0, 0.1) is 12.7 Å². The summed E-state index contributed by atoms with van der Waals surface area (Å²) in [6.45, 7) is 2.54. The van der Waals surface area contributed by atoms with Crippen molar-refractivity contribution in [2.24, 2.45) is 0 Å². The predicted molar refractivity (Wildman–Crippen MR) is 131 cm³/mol. The molecule has 37 heavy (non-hydrogen) atoms. The van der Waals surface area contributed by atoms with Gasteiger partial charge in [0.2, 0.25) is 5.88 Å². The van der Waals surface area contributed by atoms with Crippen LogP contribution < -0.4 is 26.0 Å². The molecule has 2 aliphatic heterocycles. The Balaban J connectivity index is 1.49. The predicted octanol–water partition coefficient (Wildman–Crippen LogP) is 3.45. The Morgan fingerprint density at radius 2 is 2.11 bits per heavy atom. The van der Waals surface area contributed by atoms with E-state index >= 15 is 4.39 Å². The fourth-order valence-electron chi connectivity index (χ4n) is 4.56. The third kappa shape index (κ3) is 4.53. The number of benzene rings is 1. The molecule has 13 heteroatoms. The third-order valence-corrected chi connectivity index (χ3v) is 6.45. The number of hydrogen-bond donors (Lipinski definition) is 4. The smallest absolute Gasteiger partial charge is 0.413 e. The molecule has 5 rings (SSSR count). The Kier molecular flexibility index (Phi) is 6.38. The first-order valence-corrected chi connectivity index (χ1v) is 11.6. The quantitative estimate of drug-likeness (QED) is 0.385. The highest BCUT2D eigenvalue weighted by Gasteiger charge is 2.30. The zero-order chi connectivity index (χ0) is 26.3. The molecule has 1 saturated heterocycles. The van der Waals surface area contributed by atoms with Crippen LogP contribution >= 0.6 is 0 Å². The molecule has 4 heterocycles. The highest BCUT2D eigenvalue weighted by atomic mass is 19.1. The first-order valence-electron chi connectivity index (χ1n) is 11.6. The van der Waals surface area contributed by atoms with Crippen molar-refractivity contribution in [3.05, 3.63) is 35.9 Å². The number of hydrogen-bond acceptors (Lipinski definition) is 8. The monoisotopic (exact) mass is 514 g/mol. The van der Waals surface area contributed by atoms with Gasteiger partial charge in [-0.05, 0) is 43.0 Å². The molecular formula is C24H24F2N6O5. The van der Waals surface area contributed by atoms with E-state index in [1.807, 2.05) is 0 Å². The molecule has 3 aromatic rings.